The van der Waals surface area contributed by atoms with E-state index in [0.29, 0.717) is 30.9 Å². The summed E-state index contributed by atoms with van der Waals surface area (Å²) in [6.07, 6.45) is 1.69. The highest BCUT2D eigenvalue weighted by Gasteiger charge is 2.51. The molecule has 1 aromatic carbocycles. The molecule has 2 saturated heterocycles. The van der Waals surface area contributed by atoms with E-state index in [0.717, 1.165) is 18.4 Å². The summed E-state index contributed by atoms with van der Waals surface area (Å²) in [5.74, 6) is -0.456. The van der Waals surface area contributed by atoms with E-state index < -0.39 is 17.5 Å². The van der Waals surface area contributed by atoms with Crippen molar-refractivity contribution in [1.82, 2.24) is 20.4 Å². The van der Waals surface area contributed by atoms with Gasteiger partial charge in [0.15, 0.2) is 0 Å². The Kier molecular flexibility index (Phi) is 4.44. The van der Waals surface area contributed by atoms with Gasteiger partial charge < -0.3 is 19.9 Å². The molecule has 148 valence electrons. The highest BCUT2D eigenvalue weighted by molar-refractivity contribution is 6.09. The smallest absolute Gasteiger partial charge is 0.322 e. The fraction of sp³-hybridized carbons (Fsp3) is 0.474. The quantitative estimate of drug-likeness (QED) is 0.705. The topological polar surface area (TPSA) is 108 Å². The van der Waals surface area contributed by atoms with Crippen molar-refractivity contribution in [2.24, 2.45) is 0 Å². The minimum Gasteiger partial charge on any atom is -0.497 e. The molecule has 0 aliphatic carbocycles. The number of urea groups is 1. The molecule has 2 N–H and O–H groups in total. The fourth-order valence-corrected chi connectivity index (χ4v) is 4.08. The van der Waals surface area contributed by atoms with Crippen LogP contribution in [0.1, 0.15) is 35.2 Å². The van der Waals surface area contributed by atoms with Crippen molar-refractivity contribution in [3.8, 4) is 5.75 Å². The predicted molar refractivity (Wildman–Crippen MR) is 97.6 cm³/mol. The van der Waals surface area contributed by atoms with Crippen LogP contribution in [-0.2, 0) is 16.1 Å². The van der Waals surface area contributed by atoms with E-state index in [1.807, 2.05) is 0 Å². The van der Waals surface area contributed by atoms with Crippen molar-refractivity contribution in [3.05, 3.63) is 29.3 Å². The first-order valence-corrected chi connectivity index (χ1v) is 9.29. The van der Waals surface area contributed by atoms with Gasteiger partial charge in [0.1, 0.15) is 11.3 Å². The molecule has 9 heteroatoms. The second-order valence-corrected chi connectivity index (χ2v) is 7.44. The maximum atomic E-state index is 12.9. The van der Waals surface area contributed by atoms with Crippen LogP contribution < -0.4 is 15.4 Å². The van der Waals surface area contributed by atoms with Crippen molar-refractivity contribution >= 4 is 23.8 Å². The summed E-state index contributed by atoms with van der Waals surface area (Å²) in [6, 6.07) is 4.59. The van der Waals surface area contributed by atoms with Gasteiger partial charge in [-0.3, -0.25) is 19.7 Å². The number of likely N-dealkylation sites (tertiary alicyclic amines) is 1. The number of ether oxygens (including phenoxy) is 1. The van der Waals surface area contributed by atoms with Crippen molar-refractivity contribution in [1.29, 1.82) is 0 Å². The van der Waals surface area contributed by atoms with Crippen molar-refractivity contribution < 1.29 is 23.9 Å². The van der Waals surface area contributed by atoms with E-state index in [4.69, 9.17) is 4.74 Å². The molecule has 0 spiro atoms. The van der Waals surface area contributed by atoms with Gasteiger partial charge in [-0.15, -0.1) is 0 Å². The molecule has 0 bridgehead atoms. The highest BCUT2D eigenvalue weighted by atomic mass is 16.5. The number of methoxy groups -OCH3 is 1. The molecule has 0 aromatic heterocycles. The average molecular weight is 386 g/mol. The second-order valence-electron chi connectivity index (χ2n) is 7.44. The Hall–Kier alpha value is -3.10. The first-order valence-electron chi connectivity index (χ1n) is 9.29. The van der Waals surface area contributed by atoms with Crippen molar-refractivity contribution in [2.45, 2.75) is 31.3 Å². The van der Waals surface area contributed by atoms with Crippen LogP contribution in [0.15, 0.2) is 18.2 Å². The Labute approximate surface area is 162 Å². The number of nitrogens with one attached hydrogen (secondary N) is 2. The Morgan fingerprint density at radius 1 is 1.21 bits per heavy atom. The lowest BCUT2D eigenvalue weighted by Crippen LogP contribution is -2.57. The zero-order valence-corrected chi connectivity index (χ0v) is 15.6. The summed E-state index contributed by atoms with van der Waals surface area (Å²) in [5, 5.41) is 4.82. The van der Waals surface area contributed by atoms with Crippen LogP contribution in [0.25, 0.3) is 0 Å². The number of rotatable bonds is 5. The van der Waals surface area contributed by atoms with E-state index in [1.54, 1.807) is 23.1 Å². The maximum Gasteiger partial charge on any atom is 0.322 e. The van der Waals surface area contributed by atoms with Crippen LogP contribution in [0.2, 0.25) is 0 Å². The Balaban J connectivity index is 1.57. The van der Waals surface area contributed by atoms with Gasteiger partial charge >= 0.3 is 6.03 Å². The summed E-state index contributed by atoms with van der Waals surface area (Å²) < 4.78 is 5.17. The normalized spacial score (nSPS) is 23.7. The molecule has 28 heavy (non-hydrogen) atoms. The van der Waals surface area contributed by atoms with Gasteiger partial charge in [0, 0.05) is 25.2 Å². The number of fused-ring (bicyclic) bond motifs is 1. The first kappa shape index (κ1) is 18.3. The largest absolute Gasteiger partial charge is 0.497 e. The molecule has 9 nitrogen and oxygen atoms in total. The maximum absolute atomic E-state index is 12.9. The third-order valence-corrected chi connectivity index (χ3v) is 5.58. The standard InChI is InChI=1S/C19H22N4O5/c1-28-13-5-4-12-10-23(16(25)14(12)8-13)11-19(17(26)20-18(27)21-19)9-15(24)22-6-2-3-7-22/h4-5,8H,2-3,6-7,9-11H2,1H3,(H2,20,21,26,27). The number of amides is 5. The minimum absolute atomic E-state index is 0.0695. The molecule has 0 radical (unpaired) electrons. The summed E-state index contributed by atoms with van der Waals surface area (Å²) in [4.78, 5) is 53.2. The van der Waals surface area contributed by atoms with Crippen LogP contribution in [0.5, 0.6) is 5.75 Å². The lowest BCUT2D eigenvalue weighted by Gasteiger charge is -2.31. The average Bonchev–Trinajstić information content (AvgIpc) is 3.36. The Morgan fingerprint density at radius 3 is 2.61 bits per heavy atom. The summed E-state index contributed by atoms with van der Waals surface area (Å²) in [6.45, 7) is 1.54. The monoisotopic (exact) mass is 386 g/mol. The minimum atomic E-state index is -1.46. The van der Waals surface area contributed by atoms with Crippen LogP contribution in [0.4, 0.5) is 4.79 Å². The predicted octanol–water partition coefficient (Wildman–Crippen LogP) is 0.242. The lowest BCUT2D eigenvalue weighted by atomic mass is 9.93. The van der Waals surface area contributed by atoms with E-state index in [1.165, 1.54) is 12.0 Å². The number of carbonyl (C=O) groups is 4. The van der Waals surface area contributed by atoms with Crippen LogP contribution in [0.3, 0.4) is 0 Å². The van der Waals surface area contributed by atoms with Gasteiger partial charge in [-0.1, -0.05) is 6.07 Å². The third-order valence-electron chi connectivity index (χ3n) is 5.58. The molecule has 5 amide bonds. The number of hydrogen-bond acceptors (Lipinski definition) is 5. The SMILES string of the molecule is COc1ccc2c(c1)C(=O)N(CC1(CC(=O)N3CCCC3)NC(=O)NC1=O)C2. The number of hydrogen-bond donors (Lipinski definition) is 2. The molecule has 3 aliphatic rings. The summed E-state index contributed by atoms with van der Waals surface area (Å²) >= 11 is 0. The molecule has 3 aliphatic heterocycles. The van der Waals surface area contributed by atoms with Gasteiger partial charge in [-0.05, 0) is 30.5 Å². The van der Waals surface area contributed by atoms with E-state index in [9.17, 15) is 19.2 Å². The molecule has 0 saturated carbocycles. The zero-order chi connectivity index (χ0) is 19.9. The number of benzene rings is 1. The van der Waals surface area contributed by atoms with Crippen molar-refractivity contribution in [2.75, 3.05) is 26.7 Å². The van der Waals surface area contributed by atoms with E-state index >= 15 is 0 Å². The molecular weight excluding hydrogens is 364 g/mol. The van der Waals surface area contributed by atoms with Gasteiger partial charge in [0.25, 0.3) is 11.8 Å². The van der Waals surface area contributed by atoms with Gasteiger partial charge in [-0.25, -0.2) is 4.79 Å². The highest BCUT2D eigenvalue weighted by Crippen LogP contribution is 2.30. The molecule has 1 unspecified atom stereocenters. The van der Waals surface area contributed by atoms with Crippen LogP contribution >= 0.6 is 0 Å². The van der Waals surface area contributed by atoms with E-state index in [-0.39, 0.29) is 24.8 Å². The third kappa shape index (κ3) is 3.06. The Morgan fingerprint density at radius 2 is 1.96 bits per heavy atom. The molecule has 1 atom stereocenters. The Bertz CT molecular complexity index is 864. The summed E-state index contributed by atoms with van der Waals surface area (Å²) in [7, 11) is 1.52. The molecule has 1 aromatic rings. The number of nitrogens with zero attached hydrogens (tertiary/aromatic N) is 2. The van der Waals surface area contributed by atoms with Crippen LogP contribution in [0, 0.1) is 0 Å². The second kappa shape index (κ2) is 6.81. The van der Waals surface area contributed by atoms with Gasteiger partial charge in [0.05, 0.1) is 20.1 Å². The first-order chi connectivity index (χ1) is 13.4. The van der Waals surface area contributed by atoms with E-state index in [2.05, 4.69) is 10.6 Å². The number of imide groups is 1. The zero-order valence-electron chi connectivity index (χ0n) is 15.6. The molecule has 4 rings (SSSR count). The molecule has 2 fully saturated rings. The fourth-order valence-electron chi connectivity index (χ4n) is 4.08. The van der Waals surface area contributed by atoms with Crippen LogP contribution in [-0.4, -0.2) is 65.8 Å². The molecule has 3 heterocycles. The van der Waals surface area contributed by atoms with Crippen molar-refractivity contribution in [3.63, 3.8) is 0 Å². The number of carbonyl (C=O) groups excluding carboxylic acids is 4. The summed E-state index contributed by atoms with van der Waals surface area (Å²) in [5.41, 5.74) is -0.139. The van der Waals surface area contributed by atoms with Gasteiger partial charge in [0.2, 0.25) is 5.91 Å². The van der Waals surface area contributed by atoms with Gasteiger partial charge in [-0.2, -0.15) is 0 Å². The lowest BCUT2D eigenvalue weighted by molar-refractivity contribution is -0.136. The molecular formula is C19H22N4O5.